The maximum absolute atomic E-state index is 10.9. The molecule has 0 amide bonds. The quantitative estimate of drug-likeness (QED) is 0.759. The molecule has 4 nitrogen and oxygen atoms in total. The molecule has 0 aliphatic rings. The summed E-state index contributed by atoms with van der Waals surface area (Å²) in [6, 6.07) is 6.00. The monoisotopic (exact) mass is 203 g/mol. The fourth-order valence-electron chi connectivity index (χ4n) is 1.56. The SMILES string of the molecule is CC(=O)CCc1ccc2c(c1)nnn2C. The van der Waals surface area contributed by atoms with Crippen LogP contribution in [0.1, 0.15) is 18.9 Å². The van der Waals surface area contributed by atoms with Crippen LogP contribution in [0.25, 0.3) is 11.0 Å². The van der Waals surface area contributed by atoms with E-state index in [2.05, 4.69) is 10.3 Å². The minimum atomic E-state index is 0.217. The van der Waals surface area contributed by atoms with E-state index in [1.54, 1.807) is 11.6 Å². The van der Waals surface area contributed by atoms with Gasteiger partial charge >= 0.3 is 0 Å². The summed E-state index contributed by atoms with van der Waals surface area (Å²) < 4.78 is 1.74. The molecule has 0 unspecified atom stereocenters. The molecule has 2 aromatic rings. The third-order valence-corrected chi connectivity index (χ3v) is 2.44. The van der Waals surface area contributed by atoms with Gasteiger partial charge in [-0.05, 0) is 31.0 Å². The summed E-state index contributed by atoms with van der Waals surface area (Å²) in [6.45, 7) is 1.61. The number of nitrogens with zero attached hydrogens (tertiary/aromatic N) is 3. The van der Waals surface area contributed by atoms with Gasteiger partial charge in [-0.3, -0.25) is 0 Å². The molecule has 0 bridgehead atoms. The van der Waals surface area contributed by atoms with Crippen molar-refractivity contribution < 1.29 is 4.79 Å². The van der Waals surface area contributed by atoms with Crippen molar-refractivity contribution in [2.75, 3.05) is 0 Å². The Kier molecular flexibility index (Phi) is 2.49. The van der Waals surface area contributed by atoms with Gasteiger partial charge in [-0.1, -0.05) is 11.3 Å². The van der Waals surface area contributed by atoms with Gasteiger partial charge in [0.2, 0.25) is 0 Å². The summed E-state index contributed by atoms with van der Waals surface area (Å²) in [7, 11) is 1.87. The van der Waals surface area contributed by atoms with Crippen molar-refractivity contribution in [2.45, 2.75) is 19.8 Å². The molecule has 1 aromatic carbocycles. The van der Waals surface area contributed by atoms with Gasteiger partial charge in [0.05, 0.1) is 5.52 Å². The summed E-state index contributed by atoms with van der Waals surface area (Å²) in [5.41, 5.74) is 3.04. The Morgan fingerprint density at radius 3 is 3.00 bits per heavy atom. The number of ketones is 1. The number of Topliss-reactive ketones (excluding diaryl/α,β-unsaturated/α-hetero) is 1. The molecule has 4 heteroatoms. The second-order valence-corrected chi connectivity index (χ2v) is 3.74. The highest BCUT2D eigenvalue weighted by molar-refractivity contribution is 5.77. The Morgan fingerprint density at radius 2 is 2.27 bits per heavy atom. The first-order chi connectivity index (χ1) is 7.16. The third kappa shape index (κ3) is 2.03. The van der Waals surface area contributed by atoms with Crippen molar-refractivity contribution in [1.82, 2.24) is 15.0 Å². The van der Waals surface area contributed by atoms with E-state index in [4.69, 9.17) is 0 Å². The van der Waals surface area contributed by atoms with Gasteiger partial charge in [-0.15, -0.1) is 5.10 Å². The molecule has 1 aromatic heterocycles. The smallest absolute Gasteiger partial charge is 0.130 e. The minimum Gasteiger partial charge on any atom is -0.300 e. The van der Waals surface area contributed by atoms with Gasteiger partial charge in [0, 0.05) is 13.5 Å². The molecule has 78 valence electrons. The highest BCUT2D eigenvalue weighted by Crippen LogP contribution is 2.13. The highest BCUT2D eigenvalue weighted by Gasteiger charge is 2.03. The largest absolute Gasteiger partial charge is 0.300 e. The molecular weight excluding hydrogens is 190 g/mol. The first kappa shape index (κ1) is 9.83. The van der Waals surface area contributed by atoms with Crippen molar-refractivity contribution >= 4 is 16.8 Å². The first-order valence-corrected chi connectivity index (χ1v) is 4.94. The predicted molar refractivity (Wildman–Crippen MR) is 57.5 cm³/mol. The molecule has 0 N–H and O–H groups in total. The second kappa shape index (κ2) is 3.81. The molecule has 0 aliphatic heterocycles. The summed E-state index contributed by atoms with van der Waals surface area (Å²) in [4.78, 5) is 10.9. The zero-order valence-electron chi connectivity index (χ0n) is 8.90. The number of fused-ring (bicyclic) bond motifs is 1. The van der Waals surface area contributed by atoms with Crippen molar-refractivity contribution in [2.24, 2.45) is 7.05 Å². The average molecular weight is 203 g/mol. The number of rotatable bonds is 3. The fraction of sp³-hybridized carbons (Fsp3) is 0.364. The molecule has 0 radical (unpaired) electrons. The normalized spacial score (nSPS) is 10.8. The van der Waals surface area contributed by atoms with Crippen LogP contribution in [0.2, 0.25) is 0 Å². The van der Waals surface area contributed by atoms with Gasteiger partial charge in [-0.2, -0.15) is 0 Å². The van der Waals surface area contributed by atoms with E-state index in [1.165, 1.54) is 0 Å². The van der Waals surface area contributed by atoms with Crippen LogP contribution in [0, 0.1) is 0 Å². The number of aromatic nitrogens is 3. The topological polar surface area (TPSA) is 47.8 Å². The van der Waals surface area contributed by atoms with E-state index in [1.807, 2.05) is 25.2 Å². The lowest BCUT2D eigenvalue weighted by molar-refractivity contribution is -0.116. The van der Waals surface area contributed by atoms with Crippen LogP contribution >= 0.6 is 0 Å². The maximum Gasteiger partial charge on any atom is 0.130 e. The Balaban J connectivity index is 2.27. The Hall–Kier alpha value is -1.71. The van der Waals surface area contributed by atoms with Crippen LogP contribution in [0.5, 0.6) is 0 Å². The van der Waals surface area contributed by atoms with Crippen molar-refractivity contribution in [3.63, 3.8) is 0 Å². The molecule has 15 heavy (non-hydrogen) atoms. The lowest BCUT2D eigenvalue weighted by Crippen LogP contribution is -1.94. The fourth-order valence-corrected chi connectivity index (χ4v) is 1.56. The van der Waals surface area contributed by atoms with Gasteiger partial charge in [0.15, 0.2) is 0 Å². The highest BCUT2D eigenvalue weighted by atomic mass is 16.1. The molecular formula is C11H13N3O. The Bertz CT molecular complexity index is 502. The van der Waals surface area contributed by atoms with Crippen LogP contribution in [-0.2, 0) is 18.3 Å². The zero-order chi connectivity index (χ0) is 10.8. The van der Waals surface area contributed by atoms with E-state index < -0.39 is 0 Å². The number of carbonyl (C=O) groups is 1. The number of carbonyl (C=O) groups excluding carboxylic acids is 1. The van der Waals surface area contributed by atoms with E-state index >= 15 is 0 Å². The molecule has 0 aliphatic carbocycles. The Labute approximate surface area is 87.9 Å². The van der Waals surface area contributed by atoms with Crippen molar-refractivity contribution in [1.29, 1.82) is 0 Å². The first-order valence-electron chi connectivity index (χ1n) is 4.94. The minimum absolute atomic E-state index is 0.217. The van der Waals surface area contributed by atoms with Crippen LogP contribution in [-0.4, -0.2) is 20.8 Å². The van der Waals surface area contributed by atoms with E-state index in [-0.39, 0.29) is 5.78 Å². The van der Waals surface area contributed by atoms with E-state index in [0.29, 0.717) is 6.42 Å². The molecule has 0 saturated carbocycles. The van der Waals surface area contributed by atoms with Crippen LogP contribution < -0.4 is 0 Å². The number of hydrogen-bond acceptors (Lipinski definition) is 3. The van der Waals surface area contributed by atoms with Gasteiger partial charge in [0.25, 0.3) is 0 Å². The number of benzene rings is 1. The molecule has 2 rings (SSSR count). The van der Waals surface area contributed by atoms with Gasteiger partial charge < -0.3 is 4.79 Å². The van der Waals surface area contributed by atoms with Crippen molar-refractivity contribution in [3.8, 4) is 0 Å². The van der Waals surface area contributed by atoms with Gasteiger partial charge in [0.1, 0.15) is 11.3 Å². The molecule has 0 fully saturated rings. The summed E-state index contributed by atoms with van der Waals surface area (Å²) in [6.07, 6.45) is 1.37. The van der Waals surface area contributed by atoms with Crippen molar-refractivity contribution in [3.05, 3.63) is 23.8 Å². The molecule has 0 saturated heterocycles. The Morgan fingerprint density at radius 1 is 1.47 bits per heavy atom. The molecule has 0 atom stereocenters. The zero-order valence-corrected chi connectivity index (χ0v) is 8.90. The standard InChI is InChI=1S/C11H13N3O/c1-8(15)3-4-9-5-6-11-10(7-9)12-13-14(11)2/h5-7H,3-4H2,1-2H3. The average Bonchev–Trinajstić information content (AvgIpc) is 2.57. The van der Waals surface area contributed by atoms with E-state index in [9.17, 15) is 4.79 Å². The second-order valence-electron chi connectivity index (χ2n) is 3.74. The lowest BCUT2D eigenvalue weighted by atomic mass is 10.1. The molecule has 1 heterocycles. The lowest BCUT2D eigenvalue weighted by Gasteiger charge is -1.98. The molecule has 0 spiro atoms. The number of hydrogen-bond donors (Lipinski definition) is 0. The summed E-state index contributed by atoms with van der Waals surface area (Å²) in [5, 5.41) is 7.97. The summed E-state index contributed by atoms with van der Waals surface area (Å²) >= 11 is 0. The maximum atomic E-state index is 10.9. The number of aryl methyl sites for hydroxylation is 2. The summed E-state index contributed by atoms with van der Waals surface area (Å²) in [5.74, 6) is 0.217. The van der Waals surface area contributed by atoms with Crippen LogP contribution in [0.4, 0.5) is 0 Å². The van der Waals surface area contributed by atoms with Crippen LogP contribution in [0.15, 0.2) is 18.2 Å². The van der Waals surface area contributed by atoms with E-state index in [0.717, 1.165) is 23.0 Å². The third-order valence-electron chi connectivity index (χ3n) is 2.44. The van der Waals surface area contributed by atoms with Crippen LogP contribution in [0.3, 0.4) is 0 Å². The predicted octanol–water partition coefficient (Wildman–Crippen LogP) is 1.49. The van der Waals surface area contributed by atoms with Gasteiger partial charge in [-0.25, -0.2) is 4.68 Å².